The van der Waals surface area contributed by atoms with Gasteiger partial charge in [-0.25, -0.2) is 0 Å². The minimum atomic E-state index is -0.0481. The summed E-state index contributed by atoms with van der Waals surface area (Å²) in [7, 11) is 0. The van der Waals surface area contributed by atoms with Crippen LogP contribution in [0.5, 0.6) is 0 Å². The molecule has 0 aromatic heterocycles. The van der Waals surface area contributed by atoms with E-state index in [1.165, 1.54) is 0 Å². The van der Waals surface area contributed by atoms with Crippen LogP contribution in [0.15, 0.2) is 27.6 Å². The summed E-state index contributed by atoms with van der Waals surface area (Å²) in [6.07, 6.45) is 0.976. The molecule has 1 saturated heterocycles. The maximum absolute atomic E-state index is 12.1. The summed E-state index contributed by atoms with van der Waals surface area (Å²) in [6.45, 7) is 6.06. The second kappa shape index (κ2) is 8.02. The van der Waals surface area contributed by atoms with E-state index < -0.39 is 0 Å². The third-order valence-electron chi connectivity index (χ3n) is 3.34. The summed E-state index contributed by atoms with van der Waals surface area (Å²) in [4.78, 5) is 15.3. The number of amides is 1. The number of nitrogens with zero attached hydrogens (tertiary/aromatic N) is 1. The number of halogens is 1. The Bertz CT molecular complexity index is 464. The van der Waals surface area contributed by atoms with Gasteiger partial charge in [0.15, 0.2) is 0 Å². The zero-order chi connectivity index (χ0) is 14.4. The van der Waals surface area contributed by atoms with Crippen molar-refractivity contribution in [2.24, 2.45) is 0 Å². The Kier molecular flexibility index (Phi) is 6.35. The zero-order valence-corrected chi connectivity index (χ0v) is 13.8. The van der Waals surface area contributed by atoms with E-state index in [0.717, 1.165) is 48.5 Å². The van der Waals surface area contributed by atoms with Gasteiger partial charge in [-0.3, -0.25) is 4.79 Å². The van der Waals surface area contributed by atoms with Crippen molar-refractivity contribution in [1.82, 2.24) is 15.5 Å². The van der Waals surface area contributed by atoms with Crippen molar-refractivity contribution in [2.45, 2.75) is 11.3 Å². The number of rotatable bonds is 5. The second-order valence-corrected chi connectivity index (χ2v) is 6.24. The summed E-state index contributed by atoms with van der Waals surface area (Å²) in [5.74, 6) is -0.0481. The minimum absolute atomic E-state index is 0.0481. The lowest BCUT2D eigenvalue weighted by Gasteiger charge is -2.27. The lowest BCUT2D eigenvalue weighted by molar-refractivity contribution is 0.0950. The molecule has 2 N–H and O–H groups in total. The number of benzene rings is 1. The molecule has 1 heterocycles. The molecule has 110 valence electrons. The van der Waals surface area contributed by atoms with E-state index in [4.69, 9.17) is 0 Å². The van der Waals surface area contributed by atoms with E-state index in [2.05, 4.69) is 44.1 Å². The Labute approximate surface area is 133 Å². The number of carbonyl (C=O) groups excluding carboxylic acids is 1. The van der Waals surface area contributed by atoms with Gasteiger partial charge in [0, 0.05) is 42.1 Å². The Morgan fingerprint density at radius 1 is 1.40 bits per heavy atom. The van der Waals surface area contributed by atoms with Crippen LogP contribution in [0.4, 0.5) is 0 Å². The van der Waals surface area contributed by atoms with Crippen molar-refractivity contribution < 1.29 is 4.79 Å². The summed E-state index contributed by atoms with van der Waals surface area (Å²) in [6, 6.07) is 5.48. The molecule has 0 spiro atoms. The van der Waals surface area contributed by atoms with E-state index in [0.29, 0.717) is 12.1 Å². The monoisotopic (exact) mass is 357 g/mol. The summed E-state index contributed by atoms with van der Waals surface area (Å²) >= 11 is 7.65. The fourth-order valence-corrected chi connectivity index (χ4v) is 2.85. The highest BCUT2D eigenvalue weighted by atomic mass is 79.9. The normalized spacial score (nSPS) is 16.1. The van der Waals surface area contributed by atoms with Gasteiger partial charge in [-0.15, -0.1) is 12.6 Å². The molecule has 6 heteroatoms. The Balaban J connectivity index is 1.73. The molecular formula is C14H20BrN3OS. The van der Waals surface area contributed by atoms with E-state index in [9.17, 15) is 4.79 Å². The van der Waals surface area contributed by atoms with Gasteiger partial charge in [0.2, 0.25) is 0 Å². The molecule has 4 nitrogen and oxygen atoms in total. The minimum Gasteiger partial charge on any atom is -0.352 e. The van der Waals surface area contributed by atoms with Crippen molar-refractivity contribution in [3.63, 3.8) is 0 Å². The van der Waals surface area contributed by atoms with Crippen molar-refractivity contribution in [2.75, 3.05) is 39.3 Å². The van der Waals surface area contributed by atoms with Crippen LogP contribution in [0.2, 0.25) is 0 Å². The quantitative estimate of drug-likeness (QED) is 0.555. The predicted molar refractivity (Wildman–Crippen MR) is 87.7 cm³/mol. The van der Waals surface area contributed by atoms with Crippen LogP contribution in [-0.4, -0.2) is 50.1 Å². The lowest BCUT2D eigenvalue weighted by Crippen LogP contribution is -2.44. The third-order valence-corrected chi connectivity index (χ3v) is 4.31. The number of carbonyl (C=O) groups is 1. The average Bonchev–Trinajstić information content (AvgIpc) is 2.47. The molecular weight excluding hydrogens is 338 g/mol. The first-order valence-corrected chi connectivity index (χ1v) is 8.10. The molecule has 1 amide bonds. The van der Waals surface area contributed by atoms with E-state index in [-0.39, 0.29) is 5.91 Å². The van der Waals surface area contributed by atoms with Gasteiger partial charge in [0.1, 0.15) is 0 Å². The van der Waals surface area contributed by atoms with E-state index in [1.54, 1.807) is 6.07 Å². The van der Waals surface area contributed by atoms with E-state index in [1.807, 2.05) is 12.1 Å². The fraction of sp³-hybridized carbons (Fsp3) is 0.500. The SMILES string of the molecule is O=C(NCCCN1CCNCC1)c1cc(S)ccc1Br. The van der Waals surface area contributed by atoms with E-state index >= 15 is 0 Å². The molecule has 0 saturated carbocycles. The molecule has 0 unspecified atom stereocenters. The van der Waals surface area contributed by atoms with Gasteiger partial charge in [-0.05, 0) is 47.1 Å². The van der Waals surface area contributed by atoms with Crippen molar-refractivity contribution in [3.8, 4) is 0 Å². The fourth-order valence-electron chi connectivity index (χ4n) is 2.22. The van der Waals surface area contributed by atoms with Crippen LogP contribution in [0.3, 0.4) is 0 Å². The van der Waals surface area contributed by atoms with Crippen LogP contribution in [-0.2, 0) is 0 Å². The van der Waals surface area contributed by atoms with Crippen molar-refractivity contribution in [3.05, 3.63) is 28.2 Å². The van der Waals surface area contributed by atoms with Gasteiger partial charge in [0.05, 0.1) is 5.56 Å². The number of hydrogen-bond acceptors (Lipinski definition) is 4. The van der Waals surface area contributed by atoms with Crippen LogP contribution in [0.1, 0.15) is 16.8 Å². The first kappa shape index (κ1) is 15.8. The second-order valence-electron chi connectivity index (χ2n) is 4.87. The van der Waals surface area contributed by atoms with Crippen LogP contribution in [0, 0.1) is 0 Å². The molecule has 1 aliphatic heterocycles. The zero-order valence-electron chi connectivity index (χ0n) is 11.4. The smallest absolute Gasteiger partial charge is 0.252 e. The molecule has 0 bridgehead atoms. The summed E-state index contributed by atoms with van der Waals surface area (Å²) < 4.78 is 0.801. The van der Waals surface area contributed by atoms with Gasteiger partial charge in [0.25, 0.3) is 5.91 Å². The molecule has 1 fully saturated rings. The van der Waals surface area contributed by atoms with Crippen LogP contribution in [0.25, 0.3) is 0 Å². The maximum Gasteiger partial charge on any atom is 0.252 e. The molecule has 2 rings (SSSR count). The molecule has 20 heavy (non-hydrogen) atoms. The number of nitrogens with one attached hydrogen (secondary N) is 2. The Morgan fingerprint density at radius 2 is 2.15 bits per heavy atom. The summed E-state index contributed by atoms with van der Waals surface area (Å²) in [5.41, 5.74) is 0.639. The van der Waals surface area contributed by atoms with Gasteiger partial charge >= 0.3 is 0 Å². The molecule has 1 aromatic rings. The predicted octanol–water partition coefficient (Wildman–Crippen LogP) is 1.76. The number of hydrogen-bond donors (Lipinski definition) is 3. The van der Waals surface area contributed by atoms with Gasteiger partial charge in [-0.1, -0.05) is 0 Å². The third kappa shape index (κ3) is 4.77. The van der Waals surface area contributed by atoms with Crippen LogP contribution < -0.4 is 10.6 Å². The first-order chi connectivity index (χ1) is 9.66. The largest absolute Gasteiger partial charge is 0.352 e. The number of piperazine rings is 1. The number of thiol groups is 1. The highest BCUT2D eigenvalue weighted by molar-refractivity contribution is 9.10. The standard InChI is InChI=1S/C14H20BrN3OS/c15-13-3-2-11(20)10-12(13)14(19)17-4-1-7-18-8-5-16-6-9-18/h2-3,10,16,20H,1,4-9H2,(H,17,19). The lowest BCUT2D eigenvalue weighted by atomic mass is 10.2. The van der Waals surface area contributed by atoms with Crippen molar-refractivity contribution in [1.29, 1.82) is 0 Å². The Hall–Kier alpha value is -0.560. The summed E-state index contributed by atoms with van der Waals surface area (Å²) in [5, 5.41) is 6.29. The van der Waals surface area contributed by atoms with Gasteiger partial charge < -0.3 is 15.5 Å². The molecule has 0 atom stereocenters. The van der Waals surface area contributed by atoms with Crippen molar-refractivity contribution >= 4 is 34.5 Å². The topological polar surface area (TPSA) is 44.4 Å². The highest BCUT2D eigenvalue weighted by Crippen LogP contribution is 2.20. The molecule has 0 aliphatic carbocycles. The first-order valence-electron chi connectivity index (χ1n) is 6.86. The average molecular weight is 358 g/mol. The molecule has 1 aromatic carbocycles. The highest BCUT2D eigenvalue weighted by Gasteiger charge is 2.11. The van der Waals surface area contributed by atoms with Crippen LogP contribution >= 0.6 is 28.6 Å². The molecule has 1 aliphatic rings. The molecule has 0 radical (unpaired) electrons. The maximum atomic E-state index is 12.1. The van der Waals surface area contributed by atoms with Gasteiger partial charge in [-0.2, -0.15) is 0 Å². The Morgan fingerprint density at radius 3 is 2.90 bits per heavy atom.